The van der Waals surface area contributed by atoms with Crippen molar-refractivity contribution in [1.29, 1.82) is 0 Å². The van der Waals surface area contributed by atoms with Gasteiger partial charge in [0, 0.05) is 18.2 Å². The molecule has 0 saturated heterocycles. The third-order valence-corrected chi connectivity index (χ3v) is 5.41. The Hall–Kier alpha value is -3.36. The summed E-state index contributed by atoms with van der Waals surface area (Å²) in [5.41, 5.74) is -0.944. The van der Waals surface area contributed by atoms with Gasteiger partial charge < -0.3 is 9.88 Å². The van der Waals surface area contributed by atoms with Gasteiger partial charge in [-0.3, -0.25) is 9.59 Å². The van der Waals surface area contributed by atoms with Gasteiger partial charge in [-0.2, -0.15) is 18.3 Å². The molecule has 1 amide bonds. The Morgan fingerprint density at radius 3 is 2.48 bits per heavy atom. The summed E-state index contributed by atoms with van der Waals surface area (Å²) in [7, 11) is 0. The Labute approximate surface area is 176 Å². The smallest absolute Gasteiger partial charge is 0.309 e. The van der Waals surface area contributed by atoms with E-state index >= 15 is 0 Å². The van der Waals surface area contributed by atoms with Gasteiger partial charge in [-0.15, -0.1) is 0 Å². The topological polar surface area (TPSA) is 68.9 Å². The molecule has 1 fully saturated rings. The number of carbonyl (C=O) groups is 1. The number of aromatic nitrogens is 3. The number of para-hydroxylation sites is 1. The van der Waals surface area contributed by atoms with Gasteiger partial charge in [0.05, 0.1) is 11.4 Å². The van der Waals surface area contributed by atoms with Crippen LogP contribution in [0.4, 0.5) is 19.0 Å². The van der Waals surface area contributed by atoms with Crippen molar-refractivity contribution < 1.29 is 18.0 Å². The molecular formula is C22H21F3N4O2. The van der Waals surface area contributed by atoms with Gasteiger partial charge in [-0.25, -0.2) is 4.68 Å². The maximum Gasteiger partial charge on any atom is 0.421 e. The van der Waals surface area contributed by atoms with Gasteiger partial charge in [-0.05, 0) is 37.1 Å². The number of carbonyl (C=O) groups excluding carboxylic acids is 1. The van der Waals surface area contributed by atoms with E-state index in [2.05, 4.69) is 10.4 Å². The second kappa shape index (κ2) is 8.41. The lowest BCUT2D eigenvalue weighted by molar-refractivity contribution is -0.139. The molecule has 1 N–H and O–H groups in total. The van der Waals surface area contributed by atoms with Crippen LogP contribution >= 0.6 is 0 Å². The fraction of sp³-hybridized carbons (Fsp3) is 0.318. The predicted octanol–water partition coefficient (Wildman–Crippen LogP) is 4.35. The van der Waals surface area contributed by atoms with E-state index in [1.54, 1.807) is 10.7 Å². The molecular weight excluding hydrogens is 409 g/mol. The number of hydrogen-bond donors (Lipinski definition) is 1. The highest BCUT2D eigenvalue weighted by Crippen LogP contribution is 2.35. The Morgan fingerprint density at radius 2 is 1.81 bits per heavy atom. The van der Waals surface area contributed by atoms with E-state index in [0.717, 1.165) is 53.9 Å². The molecule has 3 aromatic rings. The van der Waals surface area contributed by atoms with E-state index in [0.29, 0.717) is 17.8 Å². The van der Waals surface area contributed by atoms with Crippen molar-refractivity contribution in [2.45, 2.75) is 44.3 Å². The highest BCUT2D eigenvalue weighted by molar-refractivity contribution is 5.90. The molecule has 162 valence electrons. The number of hydrogen-bond acceptors (Lipinski definition) is 3. The standard InChI is InChI=1S/C22H21F3N4O2/c23-22(24,25)17-11-6-12-28(21(17)31)14-20(30)26-19-13-18(15-7-4-5-8-15)27-29(19)16-9-2-1-3-10-16/h1-3,6,9-13,15H,4-5,7-8,14H2,(H,26,30). The Kier molecular flexibility index (Phi) is 5.67. The summed E-state index contributed by atoms with van der Waals surface area (Å²) in [5.74, 6) is 0.112. The molecule has 1 aliphatic carbocycles. The minimum Gasteiger partial charge on any atom is -0.309 e. The van der Waals surface area contributed by atoms with Crippen molar-refractivity contribution in [2.75, 3.05) is 5.32 Å². The van der Waals surface area contributed by atoms with Gasteiger partial charge in [0.1, 0.15) is 17.9 Å². The second-order valence-electron chi connectivity index (χ2n) is 7.58. The Balaban J connectivity index is 1.60. The quantitative estimate of drug-likeness (QED) is 0.654. The number of pyridine rings is 1. The first-order chi connectivity index (χ1) is 14.8. The monoisotopic (exact) mass is 430 g/mol. The predicted molar refractivity (Wildman–Crippen MR) is 109 cm³/mol. The summed E-state index contributed by atoms with van der Waals surface area (Å²) >= 11 is 0. The molecule has 1 aromatic carbocycles. The number of rotatable bonds is 5. The average Bonchev–Trinajstić information content (AvgIpc) is 3.39. The zero-order valence-electron chi connectivity index (χ0n) is 16.6. The van der Waals surface area contributed by atoms with Gasteiger partial charge in [0.25, 0.3) is 5.56 Å². The van der Waals surface area contributed by atoms with Crippen molar-refractivity contribution in [2.24, 2.45) is 0 Å². The zero-order chi connectivity index (χ0) is 22.0. The van der Waals surface area contributed by atoms with Crippen molar-refractivity contribution in [3.63, 3.8) is 0 Å². The summed E-state index contributed by atoms with van der Waals surface area (Å²) < 4.78 is 41.3. The second-order valence-corrected chi connectivity index (χ2v) is 7.58. The van der Waals surface area contributed by atoms with E-state index < -0.39 is 29.8 Å². The van der Waals surface area contributed by atoms with Crippen molar-refractivity contribution in [3.05, 3.63) is 76.3 Å². The molecule has 0 spiro atoms. The number of halogens is 3. The number of nitrogens with zero attached hydrogens (tertiary/aromatic N) is 3. The van der Waals surface area contributed by atoms with Crippen molar-refractivity contribution in [3.8, 4) is 5.69 Å². The molecule has 0 unspecified atom stereocenters. The number of amides is 1. The van der Waals surface area contributed by atoms with E-state index in [1.165, 1.54) is 0 Å². The average molecular weight is 430 g/mol. The van der Waals surface area contributed by atoms with E-state index in [1.807, 2.05) is 30.3 Å². The van der Waals surface area contributed by atoms with Crippen LogP contribution in [0.2, 0.25) is 0 Å². The molecule has 1 aliphatic rings. The first kappa shape index (κ1) is 20.9. The maximum atomic E-state index is 13.0. The van der Waals surface area contributed by atoms with Crippen LogP contribution in [0.25, 0.3) is 5.69 Å². The van der Waals surface area contributed by atoms with E-state index in [-0.39, 0.29) is 0 Å². The van der Waals surface area contributed by atoms with Crippen LogP contribution in [0.5, 0.6) is 0 Å². The Bertz CT molecular complexity index is 1130. The molecule has 2 heterocycles. The van der Waals surface area contributed by atoms with E-state index in [4.69, 9.17) is 0 Å². The number of alkyl halides is 3. The van der Waals surface area contributed by atoms with Crippen molar-refractivity contribution in [1.82, 2.24) is 14.3 Å². The van der Waals surface area contributed by atoms with E-state index in [9.17, 15) is 22.8 Å². The molecule has 31 heavy (non-hydrogen) atoms. The maximum absolute atomic E-state index is 13.0. The van der Waals surface area contributed by atoms with Gasteiger partial charge in [-0.1, -0.05) is 31.0 Å². The summed E-state index contributed by atoms with van der Waals surface area (Å²) in [5, 5.41) is 7.38. The van der Waals surface area contributed by atoms with Crippen LogP contribution < -0.4 is 10.9 Å². The van der Waals surface area contributed by atoms with Gasteiger partial charge in [0.2, 0.25) is 5.91 Å². The fourth-order valence-electron chi connectivity index (χ4n) is 3.89. The van der Waals surface area contributed by atoms with Crippen LogP contribution in [-0.2, 0) is 17.5 Å². The summed E-state index contributed by atoms with van der Waals surface area (Å²) in [6.07, 6.45) is 0.692. The molecule has 0 bridgehead atoms. The highest BCUT2D eigenvalue weighted by atomic mass is 19.4. The summed E-state index contributed by atoms with van der Waals surface area (Å²) in [4.78, 5) is 24.7. The van der Waals surface area contributed by atoms with Crippen LogP contribution in [0, 0.1) is 0 Å². The molecule has 9 heteroatoms. The molecule has 0 aliphatic heterocycles. The number of benzene rings is 1. The van der Waals surface area contributed by atoms with Crippen LogP contribution in [0.1, 0.15) is 42.9 Å². The minimum absolute atomic E-state index is 0.312. The lowest BCUT2D eigenvalue weighted by atomic mass is 10.0. The zero-order valence-corrected chi connectivity index (χ0v) is 16.6. The lowest BCUT2D eigenvalue weighted by Crippen LogP contribution is -2.32. The minimum atomic E-state index is -4.78. The lowest BCUT2D eigenvalue weighted by Gasteiger charge is -2.11. The molecule has 0 atom stereocenters. The summed E-state index contributed by atoms with van der Waals surface area (Å²) in [6.45, 7) is -0.540. The highest BCUT2D eigenvalue weighted by Gasteiger charge is 2.34. The van der Waals surface area contributed by atoms with Crippen LogP contribution in [0.15, 0.2) is 59.5 Å². The normalized spacial score (nSPS) is 14.7. The summed E-state index contributed by atoms with van der Waals surface area (Å²) in [6, 6.07) is 12.9. The number of anilines is 1. The largest absolute Gasteiger partial charge is 0.421 e. The van der Waals surface area contributed by atoms with Crippen molar-refractivity contribution >= 4 is 11.7 Å². The first-order valence-electron chi connectivity index (χ1n) is 10.0. The molecule has 6 nitrogen and oxygen atoms in total. The van der Waals surface area contributed by atoms with Crippen LogP contribution in [-0.4, -0.2) is 20.3 Å². The SMILES string of the molecule is O=C(Cn1cccc(C(F)(F)F)c1=O)Nc1cc(C2CCCC2)nn1-c1ccccc1. The molecule has 2 aromatic heterocycles. The molecule has 0 radical (unpaired) electrons. The molecule has 1 saturated carbocycles. The molecule has 4 rings (SSSR count). The van der Waals surface area contributed by atoms with Crippen LogP contribution in [0.3, 0.4) is 0 Å². The third kappa shape index (κ3) is 4.55. The fourth-order valence-corrected chi connectivity index (χ4v) is 3.89. The third-order valence-electron chi connectivity index (χ3n) is 5.41. The Morgan fingerprint density at radius 1 is 1.10 bits per heavy atom. The van der Waals surface area contributed by atoms with Gasteiger partial charge in [0.15, 0.2) is 0 Å². The number of nitrogens with one attached hydrogen (secondary N) is 1. The van der Waals surface area contributed by atoms with Gasteiger partial charge >= 0.3 is 6.18 Å². The first-order valence-corrected chi connectivity index (χ1v) is 10.0.